The van der Waals surface area contributed by atoms with Crippen LogP contribution in [0.4, 0.5) is 0 Å². The first-order chi connectivity index (χ1) is 6.23. The Labute approximate surface area is 78.1 Å². The number of nitrogens with zero attached hydrogens (tertiary/aromatic N) is 2. The molecule has 0 unspecified atom stereocenters. The number of hydrogen-bond donors (Lipinski definition) is 2. The van der Waals surface area contributed by atoms with Gasteiger partial charge in [0.2, 0.25) is 5.96 Å². The quantitative estimate of drug-likeness (QED) is 0.358. The molecule has 0 heterocycles. The van der Waals surface area contributed by atoms with Gasteiger partial charge >= 0.3 is 0 Å². The van der Waals surface area contributed by atoms with E-state index in [0.29, 0.717) is 5.41 Å². The lowest BCUT2D eigenvalue weighted by Crippen LogP contribution is -2.33. The van der Waals surface area contributed by atoms with Crippen LogP contribution >= 0.6 is 0 Å². The molecule has 2 saturated carbocycles. The van der Waals surface area contributed by atoms with Gasteiger partial charge in [0, 0.05) is 11.1 Å². The first-order valence-electron chi connectivity index (χ1n) is 4.89. The second-order valence-electron chi connectivity index (χ2n) is 4.06. The Bertz CT molecular complexity index is 259. The molecule has 0 bridgehead atoms. The highest BCUT2D eigenvalue weighted by atomic mass is 15.3. The van der Waals surface area contributed by atoms with Crippen LogP contribution in [-0.2, 0) is 0 Å². The number of rotatable bonds is 1. The normalized spacial score (nSPS) is 27.5. The lowest BCUT2D eigenvalue weighted by Gasteiger charge is -2.38. The van der Waals surface area contributed by atoms with Crippen LogP contribution in [0.15, 0.2) is 10.2 Å². The molecule has 4 N–H and O–H groups in total. The molecule has 72 valence electrons. The van der Waals surface area contributed by atoms with Crippen LogP contribution in [0.25, 0.3) is 0 Å². The Hall–Kier alpha value is -1.06. The molecule has 4 heteroatoms. The predicted octanol–water partition coefficient (Wildman–Crippen LogP) is 0.970. The van der Waals surface area contributed by atoms with Gasteiger partial charge in [0.05, 0.1) is 0 Å². The molecule has 0 aromatic rings. The summed E-state index contributed by atoms with van der Waals surface area (Å²) in [5.41, 5.74) is 12.1. The number of guanidine groups is 1. The van der Waals surface area contributed by atoms with Gasteiger partial charge in [0.1, 0.15) is 0 Å². The van der Waals surface area contributed by atoms with E-state index in [1.54, 1.807) is 0 Å². The van der Waals surface area contributed by atoms with Gasteiger partial charge < -0.3 is 11.5 Å². The van der Waals surface area contributed by atoms with Crippen molar-refractivity contribution in [3.63, 3.8) is 0 Å². The lowest BCUT2D eigenvalue weighted by atomic mass is 9.67. The fraction of sp³-hybridized carbons (Fsp3) is 0.778. The molecule has 13 heavy (non-hydrogen) atoms. The Morgan fingerprint density at radius 1 is 1.15 bits per heavy atom. The highest BCUT2D eigenvalue weighted by Crippen LogP contribution is 2.51. The van der Waals surface area contributed by atoms with E-state index in [1.165, 1.54) is 37.8 Å². The molecule has 2 aliphatic carbocycles. The third-order valence-electron chi connectivity index (χ3n) is 3.28. The van der Waals surface area contributed by atoms with Gasteiger partial charge in [-0.3, -0.25) is 0 Å². The van der Waals surface area contributed by atoms with Gasteiger partial charge in [-0.1, -0.05) is 6.42 Å². The lowest BCUT2D eigenvalue weighted by molar-refractivity contribution is 0.231. The third kappa shape index (κ3) is 1.41. The zero-order valence-corrected chi connectivity index (χ0v) is 7.79. The molecule has 2 fully saturated rings. The SMILES string of the molecule is NC(N)=N/N=C1/CCCC12CCC2. The second kappa shape index (κ2) is 3.01. The van der Waals surface area contributed by atoms with Crippen LogP contribution in [0.3, 0.4) is 0 Å². The van der Waals surface area contributed by atoms with Crippen LogP contribution in [0.2, 0.25) is 0 Å². The van der Waals surface area contributed by atoms with Crippen molar-refractivity contribution in [3.8, 4) is 0 Å². The summed E-state index contributed by atoms with van der Waals surface area (Å²) in [5.74, 6) is 0.0638. The van der Waals surface area contributed by atoms with E-state index in [-0.39, 0.29) is 5.96 Å². The summed E-state index contributed by atoms with van der Waals surface area (Å²) < 4.78 is 0. The Balaban J connectivity index is 2.14. The van der Waals surface area contributed by atoms with Gasteiger partial charge in [0.15, 0.2) is 0 Å². The summed E-state index contributed by atoms with van der Waals surface area (Å²) >= 11 is 0. The standard InChI is InChI=1S/C9H16N4/c10-8(11)13-12-7-3-1-4-9(7)5-2-6-9/h1-6H2,(H4,10,11,13)/b12-7-. The summed E-state index contributed by atoms with van der Waals surface area (Å²) in [6.07, 6.45) is 7.51. The third-order valence-corrected chi connectivity index (χ3v) is 3.28. The van der Waals surface area contributed by atoms with Crippen molar-refractivity contribution in [2.75, 3.05) is 0 Å². The molecular weight excluding hydrogens is 164 g/mol. The summed E-state index contributed by atoms with van der Waals surface area (Å²) in [5, 5.41) is 7.90. The fourth-order valence-electron chi connectivity index (χ4n) is 2.42. The molecule has 2 rings (SSSR count). The minimum Gasteiger partial charge on any atom is -0.369 e. The first kappa shape index (κ1) is 8.53. The highest BCUT2D eigenvalue weighted by molar-refractivity contribution is 5.93. The zero-order chi connectivity index (χ0) is 9.31. The molecule has 4 nitrogen and oxygen atoms in total. The largest absolute Gasteiger partial charge is 0.369 e. The zero-order valence-electron chi connectivity index (χ0n) is 7.79. The van der Waals surface area contributed by atoms with E-state index < -0.39 is 0 Å². The van der Waals surface area contributed by atoms with Crippen molar-refractivity contribution < 1.29 is 0 Å². The molecule has 0 radical (unpaired) electrons. The van der Waals surface area contributed by atoms with E-state index in [9.17, 15) is 0 Å². The predicted molar refractivity (Wildman–Crippen MR) is 53.4 cm³/mol. The molecule has 0 aromatic carbocycles. The van der Waals surface area contributed by atoms with Gasteiger partial charge in [0.25, 0.3) is 0 Å². The average molecular weight is 180 g/mol. The van der Waals surface area contributed by atoms with Crippen LogP contribution in [0.5, 0.6) is 0 Å². The number of nitrogens with two attached hydrogens (primary N) is 2. The molecule has 0 aliphatic heterocycles. The van der Waals surface area contributed by atoms with Crippen molar-refractivity contribution in [2.24, 2.45) is 27.1 Å². The Kier molecular flexibility index (Phi) is 1.98. The summed E-state index contributed by atoms with van der Waals surface area (Å²) in [6.45, 7) is 0. The van der Waals surface area contributed by atoms with Crippen molar-refractivity contribution in [1.82, 2.24) is 0 Å². The van der Waals surface area contributed by atoms with Gasteiger partial charge in [-0.15, -0.1) is 5.10 Å². The molecule has 0 atom stereocenters. The molecule has 0 saturated heterocycles. The van der Waals surface area contributed by atoms with Crippen LogP contribution in [0, 0.1) is 5.41 Å². The van der Waals surface area contributed by atoms with Crippen LogP contribution < -0.4 is 11.5 Å². The monoisotopic (exact) mass is 180 g/mol. The van der Waals surface area contributed by atoms with Crippen molar-refractivity contribution in [1.29, 1.82) is 0 Å². The molecule has 0 aromatic heterocycles. The second-order valence-corrected chi connectivity index (χ2v) is 4.06. The van der Waals surface area contributed by atoms with E-state index in [4.69, 9.17) is 11.5 Å². The Morgan fingerprint density at radius 3 is 2.38 bits per heavy atom. The van der Waals surface area contributed by atoms with E-state index >= 15 is 0 Å². The first-order valence-corrected chi connectivity index (χ1v) is 4.89. The molecule has 2 aliphatic rings. The maximum absolute atomic E-state index is 5.24. The van der Waals surface area contributed by atoms with E-state index in [0.717, 1.165) is 6.42 Å². The minimum absolute atomic E-state index is 0.0638. The maximum Gasteiger partial charge on any atom is 0.211 e. The van der Waals surface area contributed by atoms with Crippen LogP contribution in [0.1, 0.15) is 38.5 Å². The average Bonchev–Trinajstić information content (AvgIpc) is 2.42. The molecule has 0 amide bonds. The van der Waals surface area contributed by atoms with Crippen molar-refractivity contribution in [2.45, 2.75) is 38.5 Å². The van der Waals surface area contributed by atoms with E-state index in [2.05, 4.69) is 10.2 Å². The van der Waals surface area contributed by atoms with E-state index in [1.807, 2.05) is 0 Å². The summed E-state index contributed by atoms with van der Waals surface area (Å²) in [4.78, 5) is 0. The molecule has 1 spiro atoms. The Morgan fingerprint density at radius 2 is 1.85 bits per heavy atom. The molecular formula is C9H16N4. The smallest absolute Gasteiger partial charge is 0.211 e. The van der Waals surface area contributed by atoms with Crippen LogP contribution in [-0.4, -0.2) is 11.7 Å². The number of hydrogen-bond acceptors (Lipinski definition) is 2. The fourth-order valence-corrected chi connectivity index (χ4v) is 2.42. The topological polar surface area (TPSA) is 76.8 Å². The highest BCUT2D eigenvalue weighted by Gasteiger charge is 2.44. The maximum atomic E-state index is 5.24. The summed E-state index contributed by atoms with van der Waals surface area (Å²) in [6, 6.07) is 0. The van der Waals surface area contributed by atoms with Gasteiger partial charge in [-0.05, 0) is 32.1 Å². The van der Waals surface area contributed by atoms with Gasteiger partial charge in [-0.25, -0.2) is 0 Å². The van der Waals surface area contributed by atoms with Crippen molar-refractivity contribution >= 4 is 11.7 Å². The van der Waals surface area contributed by atoms with Crippen molar-refractivity contribution in [3.05, 3.63) is 0 Å². The van der Waals surface area contributed by atoms with Gasteiger partial charge in [-0.2, -0.15) is 5.10 Å². The summed E-state index contributed by atoms with van der Waals surface area (Å²) in [7, 11) is 0. The minimum atomic E-state index is 0.0638.